The Kier molecular flexibility index (Phi) is 2.33. The van der Waals surface area contributed by atoms with Crippen molar-refractivity contribution in [3.05, 3.63) is 0 Å². The van der Waals surface area contributed by atoms with Crippen molar-refractivity contribution in [2.45, 2.75) is 24.5 Å². The summed E-state index contributed by atoms with van der Waals surface area (Å²) in [5.41, 5.74) is 0. The second-order valence-corrected chi connectivity index (χ2v) is 6.15. The van der Waals surface area contributed by atoms with Gasteiger partial charge in [0.15, 0.2) is 0 Å². The maximum absolute atomic E-state index is 11.7. The van der Waals surface area contributed by atoms with Gasteiger partial charge >= 0.3 is 0 Å². The van der Waals surface area contributed by atoms with Gasteiger partial charge in [-0.25, -0.2) is 12.7 Å². The number of sulfonamides is 1. The standard InChI is InChI=1S/C8H15NO3S/c10-6-7-3-4-9(5-7)13(11,12)8-1-2-8/h7-8,10H,1-6H2/t7-/m0/s1. The third-order valence-corrected chi connectivity index (χ3v) is 5.18. The number of hydrogen-bond donors (Lipinski definition) is 1. The van der Waals surface area contributed by atoms with E-state index in [4.69, 9.17) is 5.11 Å². The minimum Gasteiger partial charge on any atom is -0.396 e. The van der Waals surface area contributed by atoms with E-state index < -0.39 is 10.0 Å². The zero-order valence-corrected chi connectivity index (χ0v) is 8.33. The van der Waals surface area contributed by atoms with Crippen LogP contribution in [0.5, 0.6) is 0 Å². The Labute approximate surface area is 78.6 Å². The molecule has 0 amide bonds. The molecule has 1 N–H and O–H groups in total. The molecule has 0 aromatic heterocycles. The fourth-order valence-corrected chi connectivity index (χ4v) is 3.69. The van der Waals surface area contributed by atoms with E-state index in [1.165, 1.54) is 0 Å². The molecular weight excluding hydrogens is 190 g/mol. The van der Waals surface area contributed by atoms with E-state index in [1.54, 1.807) is 4.31 Å². The molecule has 0 aromatic carbocycles. The van der Waals surface area contributed by atoms with Gasteiger partial charge in [-0.3, -0.25) is 0 Å². The van der Waals surface area contributed by atoms with Gasteiger partial charge in [0, 0.05) is 19.7 Å². The monoisotopic (exact) mass is 205 g/mol. The lowest BCUT2D eigenvalue weighted by Crippen LogP contribution is -2.32. The van der Waals surface area contributed by atoms with E-state index in [1.807, 2.05) is 0 Å². The molecule has 5 heteroatoms. The van der Waals surface area contributed by atoms with Gasteiger partial charge in [-0.1, -0.05) is 0 Å². The summed E-state index contributed by atoms with van der Waals surface area (Å²) in [6.07, 6.45) is 2.45. The summed E-state index contributed by atoms with van der Waals surface area (Å²) in [7, 11) is -2.99. The fourth-order valence-electron chi connectivity index (χ4n) is 1.75. The zero-order valence-electron chi connectivity index (χ0n) is 7.52. The van der Waals surface area contributed by atoms with Crippen LogP contribution in [0.2, 0.25) is 0 Å². The van der Waals surface area contributed by atoms with Crippen molar-refractivity contribution in [1.29, 1.82) is 0 Å². The van der Waals surface area contributed by atoms with E-state index in [9.17, 15) is 8.42 Å². The number of nitrogens with zero attached hydrogens (tertiary/aromatic N) is 1. The normalized spacial score (nSPS) is 31.0. The van der Waals surface area contributed by atoms with E-state index in [0.717, 1.165) is 19.3 Å². The van der Waals surface area contributed by atoms with Crippen LogP contribution in [0.1, 0.15) is 19.3 Å². The predicted octanol–water partition coefficient (Wildman–Crippen LogP) is -0.207. The van der Waals surface area contributed by atoms with Crippen LogP contribution in [0, 0.1) is 5.92 Å². The molecule has 0 bridgehead atoms. The second-order valence-electron chi connectivity index (χ2n) is 3.94. The van der Waals surface area contributed by atoms with Crippen molar-refractivity contribution < 1.29 is 13.5 Å². The van der Waals surface area contributed by atoms with Crippen molar-refractivity contribution in [1.82, 2.24) is 4.31 Å². The molecule has 1 atom stereocenters. The van der Waals surface area contributed by atoms with Crippen LogP contribution >= 0.6 is 0 Å². The van der Waals surface area contributed by atoms with E-state index in [-0.39, 0.29) is 17.8 Å². The largest absolute Gasteiger partial charge is 0.396 e. The van der Waals surface area contributed by atoms with E-state index >= 15 is 0 Å². The van der Waals surface area contributed by atoms with E-state index in [0.29, 0.717) is 13.1 Å². The average Bonchev–Trinajstić information content (AvgIpc) is 2.84. The highest BCUT2D eigenvalue weighted by Crippen LogP contribution is 2.33. The Bertz CT molecular complexity index is 284. The summed E-state index contributed by atoms with van der Waals surface area (Å²) in [6, 6.07) is 0. The number of aliphatic hydroxyl groups is 1. The van der Waals surface area contributed by atoms with Crippen LogP contribution in [-0.4, -0.2) is 42.8 Å². The van der Waals surface area contributed by atoms with Gasteiger partial charge < -0.3 is 5.11 Å². The van der Waals surface area contributed by atoms with Crippen LogP contribution in [0.25, 0.3) is 0 Å². The Morgan fingerprint density at radius 1 is 1.31 bits per heavy atom. The Balaban J connectivity index is 2.02. The summed E-state index contributed by atoms with van der Waals surface area (Å²) >= 11 is 0. The molecular formula is C8H15NO3S. The molecule has 1 aliphatic heterocycles. The molecule has 76 valence electrons. The molecule has 1 saturated heterocycles. The smallest absolute Gasteiger partial charge is 0.216 e. The number of hydrogen-bond acceptors (Lipinski definition) is 3. The third kappa shape index (κ3) is 1.73. The first-order valence-electron chi connectivity index (χ1n) is 4.74. The molecule has 0 aromatic rings. The lowest BCUT2D eigenvalue weighted by Gasteiger charge is -2.15. The van der Waals surface area contributed by atoms with Crippen LogP contribution in [0.15, 0.2) is 0 Å². The summed E-state index contributed by atoms with van der Waals surface area (Å²) in [5.74, 6) is 0.161. The van der Waals surface area contributed by atoms with Crippen LogP contribution < -0.4 is 0 Å². The van der Waals surface area contributed by atoms with Crippen LogP contribution in [-0.2, 0) is 10.0 Å². The van der Waals surface area contributed by atoms with Crippen molar-refractivity contribution in [3.63, 3.8) is 0 Å². The summed E-state index contributed by atoms with van der Waals surface area (Å²) in [6.45, 7) is 1.23. The maximum Gasteiger partial charge on any atom is 0.216 e. The molecule has 1 aliphatic carbocycles. The predicted molar refractivity (Wildman–Crippen MR) is 48.7 cm³/mol. The minimum atomic E-state index is -2.99. The van der Waals surface area contributed by atoms with E-state index in [2.05, 4.69) is 0 Å². The Hall–Kier alpha value is -0.130. The van der Waals surface area contributed by atoms with Gasteiger partial charge in [-0.05, 0) is 25.2 Å². The first kappa shape index (κ1) is 9.43. The van der Waals surface area contributed by atoms with Gasteiger partial charge in [-0.2, -0.15) is 0 Å². The van der Waals surface area contributed by atoms with Crippen LogP contribution in [0.3, 0.4) is 0 Å². The van der Waals surface area contributed by atoms with Gasteiger partial charge in [0.1, 0.15) is 0 Å². The highest BCUT2D eigenvalue weighted by Gasteiger charge is 2.42. The van der Waals surface area contributed by atoms with Crippen molar-refractivity contribution in [2.24, 2.45) is 5.92 Å². The molecule has 0 unspecified atom stereocenters. The summed E-state index contributed by atoms with van der Waals surface area (Å²) in [4.78, 5) is 0. The van der Waals surface area contributed by atoms with Gasteiger partial charge in [-0.15, -0.1) is 0 Å². The lowest BCUT2D eigenvalue weighted by molar-refractivity contribution is 0.233. The summed E-state index contributed by atoms with van der Waals surface area (Å²) < 4.78 is 24.9. The van der Waals surface area contributed by atoms with Gasteiger partial charge in [0.2, 0.25) is 10.0 Å². The molecule has 13 heavy (non-hydrogen) atoms. The van der Waals surface area contributed by atoms with Gasteiger partial charge in [0.25, 0.3) is 0 Å². The SMILES string of the molecule is O=S(=O)(C1CC1)N1CC[C@H](CO)C1. The first-order valence-corrected chi connectivity index (χ1v) is 6.24. The highest BCUT2D eigenvalue weighted by atomic mass is 32.2. The maximum atomic E-state index is 11.7. The zero-order chi connectivity index (χ0) is 9.47. The second kappa shape index (κ2) is 3.22. The van der Waals surface area contributed by atoms with Crippen LogP contribution in [0.4, 0.5) is 0 Å². The molecule has 1 heterocycles. The average molecular weight is 205 g/mol. The Morgan fingerprint density at radius 3 is 2.46 bits per heavy atom. The van der Waals surface area contributed by atoms with Gasteiger partial charge in [0.05, 0.1) is 5.25 Å². The number of aliphatic hydroxyl groups excluding tert-OH is 1. The highest BCUT2D eigenvalue weighted by molar-refractivity contribution is 7.90. The minimum absolute atomic E-state index is 0.107. The fraction of sp³-hybridized carbons (Fsp3) is 1.00. The molecule has 0 spiro atoms. The van der Waals surface area contributed by atoms with Crippen molar-refractivity contribution in [3.8, 4) is 0 Å². The lowest BCUT2D eigenvalue weighted by atomic mass is 10.1. The quantitative estimate of drug-likeness (QED) is 0.693. The molecule has 2 aliphatic rings. The molecule has 4 nitrogen and oxygen atoms in total. The third-order valence-electron chi connectivity index (χ3n) is 2.81. The van der Waals surface area contributed by atoms with Crippen molar-refractivity contribution >= 4 is 10.0 Å². The molecule has 2 rings (SSSR count). The number of rotatable bonds is 3. The first-order chi connectivity index (χ1) is 6.14. The Morgan fingerprint density at radius 2 is 2.00 bits per heavy atom. The molecule has 2 fully saturated rings. The summed E-state index contributed by atoms with van der Waals surface area (Å²) in [5, 5.41) is 8.78. The van der Waals surface area contributed by atoms with Crippen molar-refractivity contribution in [2.75, 3.05) is 19.7 Å². The molecule has 1 saturated carbocycles. The molecule has 0 radical (unpaired) electrons. The topological polar surface area (TPSA) is 57.6 Å².